The molecule has 0 amide bonds. The predicted octanol–water partition coefficient (Wildman–Crippen LogP) is 2.88. The quantitative estimate of drug-likeness (QED) is 0.550. The number of nitrogens with one attached hydrogen (secondary N) is 1. The number of benzene rings is 1. The van der Waals surface area contributed by atoms with E-state index >= 15 is 0 Å². The van der Waals surface area contributed by atoms with Gasteiger partial charge in [-0.25, -0.2) is 9.50 Å². The molecular formula is C14H10N4. The average Bonchev–Trinajstić information content (AvgIpc) is 3.04. The van der Waals surface area contributed by atoms with E-state index in [9.17, 15) is 0 Å². The van der Waals surface area contributed by atoms with Gasteiger partial charge < -0.3 is 4.98 Å². The Morgan fingerprint density at radius 1 is 1.11 bits per heavy atom. The summed E-state index contributed by atoms with van der Waals surface area (Å²) in [5.74, 6) is 0. The van der Waals surface area contributed by atoms with Gasteiger partial charge in [0, 0.05) is 28.9 Å². The van der Waals surface area contributed by atoms with Gasteiger partial charge in [0.2, 0.25) is 0 Å². The van der Waals surface area contributed by atoms with E-state index in [0.717, 1.165) is 22.4 Å². The van der Waals surface area contributed by atoms with Crippen LogP contribution in [0.4, 0.5) is 0 Å². The van der Waals surface area contributed by atoms with Crippen molar-refractivity contribution < 1.29 is 0 Å². The maximum absolute atomic E-state index is 4.36. The van der Waals surface area contributed by atoms with Crippen molar-refractivity contribution in [1.82, 2.24) is 19.6 Å². The van der Waals surface area contributed by atoms with Gasteiger partial charge in [0.05, 0.1) is 11.9 Å². The first-order chi connectivity index (χ1) is 8.92. The van der Waals surface area contributed by atoms with Crippen molar-refractivity contribution in [3.63, 3.8) is 0 Å². The Bertz CT molecular complexity index is 841. The molecule has 0 unspecified atom stereocenters. The van der Waals surface area contributed by atoms with Crippen LogP contribution in [0.1, 0.15) is 0 Å². The monoisotopic (exact) mass is 234 g/mol. The van der Waals surface area contributed by atoms with Gasteiger partial charge in [-0.1, -0.05) is 6.07 Å². The first kappa shape index (κ1) is 9.41. The molecule has 86 valence electrons. The Morgan fingerprint density at radius 3 is 3.11 bits per heavy atom. The zero-order valence-corrected chi connectivity index (χ0v) is 9.54. The van der Waals surface area contributed by atoms with Crippen LogP contribution in [-0.4, -0.2) is 19.6 Å². The minimum absolute atomic E-state index is 0.863. The number of fused-ring (bicyclic) bond motifs is 2. The van der Waals surface area contributed by atoms with E-state index in [1.165, 1.54) is 5.39 Å². The molecule has 18 heavy (non-hydrogen) atoms. The molecule has 4 nitrogen and oxygen atoms in total. The molecule has 0 radical (unpaired) electrons. The first-order valence-electron chi connectivity index (χ1n) is 5.78. The molecule has 0 saturated carbocycles. The molecule has 3 heterocycles. The fourth-order valence-electron chi connectivity index (χ4n) is 2.24. The Labute approximate surface area is 103 Å². The molecule has 1 N–H and O–H groups in total. The zero-order valence-electron chi connectivity index (χ0n) is 9.54. The van der Waals surface area contributed by atoms with E-state index in [1.54, 1.807) is 6.20 Å². The zero-order chi connectivity index (χ0) is 11.9. The van der Waals surface area contributed by atoms with Crippen LogP contribution in [0.2, 0.25) is 0 Å². The molecular weight excluding hydrogens is 224 g/mol. The summed E-state index contributed by atoms with van der Waals surface area (Å²) < 4.78 is 1.85. The molecule has 1 aromatic carbocycles. The molecule has 4 heteroatoms. The highest BCUT2D eigenvalue weighted by Gasteiger charge is 2.07. The number of aromatic amines is 1. The summed E-state index contributed by atoms with van der Waals surface area (Å²) in [4.78, 5) is 7.55. The molecule has 0 atom stereocenters. The van der Waals surface area contributed by atoms with Gasteiger partial charge in [0.25, 0.3) is 0 Å². The molecule has 4 aromatic rings. The van der Waals surface area contributed by atoms with Gasteiger partial charge in [-0.15, -0.1) is 0 Å². The normalized spacial score (nSPS) is 11.3. The third kappa shape index (κ3) is 1.26. The lowest BCUT2D eigenvalue weighted by Gasteiger charge is -2.00. The van der Waals surface area contributed by atoms with Crippen LogP contribution in [0.3, 0.4) is 0 Å². The maximum Gasteiger partial charge on any atom is 0.154 e. The number of hydrogen-bond acceptors (Lipinski definition) is 2. The van der Waals surface area contributed by atoms with Gasteiger partial charge >= 0.3 is 0 Å². The van der Waals surface area contributed by atoms with Crippen LogP contribution in [0.5, 0.6) is 0 Å². The van der Waals surface area contributed by atoms with Crippen LogP contribution < -0.4 is 0 Å². The van der Waals surface area contributed by atoms with E-state index in [4.69, 9.17) is 0 Å². The van der Waals surface area contributed by atoms with Crippen molar-refractivity contribution in [3.05, 3.63) is 55.0 Å². The highest BCUT2D eigenvalue weighted by Crippen LogP contribution is 2.23. The highest BCUT2D eigenvalue weighted by molar-refractivity contribution is 5.84. The van der Waals surface area contributed by atoms with Crippen LogP contribution in [0.15, 0.2) is 55.0 Å². The molecule has 0 spiro atoms. The van der Waals surface area contributed by atoms with Gasteiger partial charge in [-0.2, -0.15) is 5.10 Å². The molecule has 0 bridgehead atoms. The number of rotatable bonds is 1. The molecule has 3 aromatic heterocycles. The fraction of sp³-hybridized carbons (Fsp3) is 0. The molecule has 0 saturated heterocycles. The molecule has 0 fully saturated rings. The molecule has 0 aliphatic rings. The van der Waals surface area contributed by atoms with Crippen molar-refractivity contribution in [2.45, 2.75) is 0 Å². The summed E-state index contributed by atoms with van der Waals surface area (Å²) in [5, 5.41) is 5.52. The van der Waals surface area contributed by atoms with E-state index in [1.807, 2.05) is 29.0 Å². The van der Waals surface area contributed by atoms with Crippen molar-refractivity contribution in [2.24, 2.45) is 0 Å². The second-order valence-electron chi connectivity index (χ2n) is 4.22. The smallest absolute Gasteiger partial charge is 0.154 e. The molecule has 0 aliphatic carbocycles. The van der Waals surface area contributed by atoms with Crippen molar-refractivity contribution in [1.29, 1.82) is 0 Å². The van der Waals surface area contributed by atoms with Gasteiger partial charge in [-0.3, -0.25) is 0 Å². The summed E-state index contributed by atoms with van der Waals surface area (Å²) in [7, 11) is 0. The lowest BCUT2D eigenvalue weighted by molar-refractivity contribution is 0.943. The van der Waals surface area contributed by atoms with Crippen molar-refractivity contribution in [2.75, 3.05) is 0 Å². The van der Waals surface area contributed by atoms with Gasteiger partial charge in [0.1, 0.15) is 0 Å². The molecule has 0 aliphatic heterocycles. The Kier molecular flexibility index (Phi) is 1.80. The lowest BCUT2D eigenvalue weighted by atomic mass is 10.1. The topological polar surface area (TPSA) is 46.0 Å². The highest BCUT2D eigenvalue weighted by atomic mass is 15.2. The summed E-state index contributed by atoms with van der Waals surface area (Å²) in [6.07, 6.45) is 5.57. The van der Waals surface area contributed by atoms with Crippen molar-refractivity contribution in [3.8, 4) is 11.3 Å². The minimum atomic E-state index is 0.863. The number of imidazole rings is 1. The lowest BCUT2D eigenvalue weighted by Crippen LogP contribution is -1.92. The third-order valence-electron chi connectivity index (χ3n) is 3.13. The Balaban J connectivity index is 2.00. The van der Waals surface area contributed by atoms with E-state index in [2.05, 4.69) is 39.3 Å². The molecule has 4 rings (SSSR count). The standard InChI is InChI=1S/C14H10N4/c1-2-14-16-9-13(18(14)17-6-1)11-3-4-12-10(8-11)5-7-15-12/h1-9,15H. The Morgan fingerprint density at radius 2 is 2.11 bits per heavy atom. The summed E-state index contributed by atoms with van der Waals surface area (Å²) in [6.45, 7) is 0. The summed E-state index contributed by atoms with van der Waals surface area (Å²) >= 11 is 0. The van der Waals surface area contributed by atoms with Gasteiger partial charge in [0.15, 0.2) is 5.65 Å². The predicted molar refractivity (Wildman–Crippen MR) is 70.3 cm³/mol. The summed E-state index contributed by atoms with van der Waals surface area (Å²) in [6, 6.07) is 12.2. The van der Waals surface area contributed by atoms with Crippen LogP contribution in [0.25, 0.3) is 27.8 Å². The second-order valence-corrected chi connectivity index (χ2v) is 4.22. The van der Waals surface area contributed by atoms with Gasteiger partial charge in [-0.05, 0) is 30.3 Å². The van der Waals surface area contributed by atoms with E-state index in [0.29, 0.717) is 0 Å². The largest absolute Gasteiger partial charge is 0.361 e. The SMILES string of the molecule is c1cnn2c(-c3ccc4[nH]ccc4c3)cnc2c1. The number of H-pyrrole nitrogens is 1. The van der Waals surface area contributed by atoms with Crippen LogP contribution in [0, 0.1) is 0 Å². The van der Waals surface area contributed by atoms with Crippen LogP contribution in [-0.2, 0) is 0 Å². The number of nitrogens with zero attached hydrogens (tertiary/aromatic N) is 3. The average molecular weight is 234 g/mol. The third-order valence-corrected chi connectivity index (χ3v) is 3.13. The second kappa shape index (κ2) is 3.43. The van der Waals surface area contributed by atoms with E-state index < -0.39 is 0 Å². The first-order valence-corrected chi connectivity index (χ1v) is 5.78. The number of hydrogen-bond donors (Lipinski definition) is 1. The number of aromatic nitrogens is 4. The summed E-state index contributed by atoms with van der Waals surface area (Å²) in [5.41, 5.74) is 4.13. The minimum Gasteiger partial charge on any atom is -0.361 e. The van der Waals surface area contributed by atoms with E-state index in [-0.39, 0.29) is 0 Å². The van der Waals surface area contributed by atoms with Crippen LogP contribution >= 0.6 is 0 Å². The van der Waals surface area contributed by atoms with Crippen molar-refractivity contribution >= 4 is 16.6 Å². The maximum atomic E-state index is 4.36. The Hall–Kier alpha value is -2.62. The fourth-order valence-corrected chi connectivity index (χ4v) is 2.24.